The molecule has 0 nitrogen and oxygen atoms in total. The van der Waals surface area contributed by atoms with Gasteiger partial charge in [0.15, 0.2) is 0 Å². The maximum atomic E-state index is 0. The van der Waals surface area contributed by atoms with Crippen molar-refractivity contribution in [3.05, 3.63) is 0 Å². The van der Waals surface area contributed by atoms with Gasteiger partial charge in [-0.2, -0.15) is 13.5 Å². The molecule has 0 radical (unpaired) electrons. The Morgan fingerprint density at radius 3 is 0.500 bits per heavy atom. The van der Waals surface area contributed by atoms with Crippen molar-refractivity contribution in [3.8, 4) is 0 Å². The van der Waals surface area contributed by atoms with E-state index >= 15 is 0 Å². The van der Waals surface area contributed by atoms with Crippen LogP contribution in [0.1, 0.15) is 0 Å². The maximum absolute atomic E-state index is 0. The van der Waals surface area contributed by atoms with Crippen molar-refractivity contribution in [1.82, 2.24) is 0 Å². The van der Waals surface area contributed by atoms with E-state index in [0.29, 0.717) is 0 Å². The molecule has 0 spiro atoms. The summed E-state index contributed by atoms with van der Waals surface area (Å²) in [6, 6.07) is 0. The molecule has 0 aliphatic heterocycles. The van der Waals surface area contributed by atoms with Crippen molar-refractivity contribution >= 4 is 93.4 Å². The molecular weight excluding hydrogens is 347 g/mol. The van der Waals surface area contributed by atoms with Crippen LogP contribution in [0, 0.1) is 0 Å². The molecule has 0 aromatic heterocycles. The van der Waals surface area contributed by atoms with Gasteiger partial charge in [0.05, 0.1) is 0 Å². The summed E-state index contributed by atoms with van der Waals surface area (Å²) in [7, 11) is 0. The van der Waals surface area contributed by atoms with Crippen molar-refractivity contribution in [1.29, 1.82) is 0 Å². The van der Waals surface area contributed by atoms with Crippen molar-refractivity contribution in [2.24, 2.45) is 0 Å². The molecule has 0 aliphatic rings. The van der Waals surface area contributed by atoms with Crippen LogP contribution in [0.4, 0.5) is 0 Å². The first-order valence-corrected chi connectivity index (χ1v) is 0. The zero-order valence-electron chi connectivity index (χ0n) is 4.49. The largest absolute Gasteiger partial charge is 3.00 e. The molecular formula is H4AlCaCl7S. The van der Waals surface area contributed by atoms with Gasteiger partial charge in [-0.15, -0.1) is 24.8 Å². The summed E-state index contributed by atoms with van der Waals surface area (Å²) in [5.74, 6) is 0. The van der Waals surface area contributed by atoms with E-state index in [1.807, 2.05) is 0 Å². The van der Waals surface area contributed by atoms with Crippen molar-refractivity contribution in [3.63, 3.8) is 0 Å². The van der Waals surface area contributed by atoms with E-state index in [1.54, 1.807) is 0 Å². The molecule has 0 N–H and O–H groups in total. The second-order valence-corrected chi connectivity index (χ2v) is 0. The predicted octanol–water partition coefficient (Wildman–Crippen LogP) is -14.8. The van der Waals surface area contributed by atoms with Crippen LogP contribution in [0.5, 0.6) is 0 Å². The Balaban J connectivity index is 0. The number of hydrogen-bond donors (Lipinski definition) is 0. The van der Waals surface area contributed by atoms with Crippen molar-refractivity contribution in [2.75, 3.05) is 0 Å². The topological polar surface area (TPSA) is 0 Å². The van der Waals surface area contributed by atoms with Gasteiger partial charge in [-0.25, -0.2) is 0 Å². The van der Waals surface area contributed by atoms with Gasteiger partial charge in [0.2, 0.25) is 0 Å². The Kier molecular flexibility index (Phi) is 1580. The molecule has 0 saturated heterocycles. The molecule has 0 heterocycles. The summed E-state index contributed by atoms with van der Waals surface area (Å²) in [4.78, 5) is 0. The first-order valence-electron chi connectivity index (χ1n) is 0. The minimum absolute atomic E-state index is 0. The van der Waals surface area contributed by atoms with E-state index in [0.717, 1.165) is 0 Å². The van der Waals surface area contributed by atoms with Crippen molar-refractivity contribution < 1.29 is 62.0 Å². The van der Waals surface area contributed by atoms with Gasteiger partial charge >= 0.3 is 55.1 Å². The number of hydrogen-bond acceptors (Lipinski definition) is 0. The van der Waals surface area contributed by atoms with Gasteiger partial charge in [0.25, 0.3) is 0 Å². The third kappa shape index (κ3) is 87.3. The van der Waals surface area contributed by atoms with Crippen LogP contribution in [0.2, 0.25) is 0 Å². The molecule has 0 unspecified atom stereocenters. The second kappa shape index (κ2) is 112. The van der Waals surface area contributed by atoms with E-state index in [2.05, 4.69) is 0 Å². The van der Waals surface area contributed by atoms with Crippen molar-refractivity contribution in [2.45, 2.75) is 0 Å². The maximum Gasteiger partial charge on any atom is 3.00 e. The minimum atomic E-state index is 0. The van der Waals surface area contributed by atoms with Gasteiger partial charge in [-0.05, 0) is 0 Å². The monoisotopic (exact) mass is 348 g/mol. The van der Waals surface area contributed by atoms with Gasteiger partial charge in [-0.3, -0.25) is 0 Å². The number of halogens is 7. The molecule has 0 saturated carbocycles. The van der Waals surface area contributed by atoms with E-state index < -0.39 is 0 Å². The van der Waals surface area contributed by atoms with Crippen LogP contribution >= 0.6 is 38.3 Å². The molecule has 0 aromatic rings. The smallest absolute Gasteiger partial charge is 1.00 e. The fraction of sp³-hybridized carbons (Fsp3) is 0. The first-order chi connectivity index (χ1) is 0. The normalized spacial score (nSPS) is 0. The summed E-state index contributed by atoms with van der Waals surface area (Å²) in [6.45, 7) is 0. The SMILES string of the molecule is Cl.Cl.S.[Al+3].[Ca+2].[Cl-].[Cl-].[Cl-].[Cl-].[Cl-]. The van der Waals surface area contributed by atoms with Crippen LogP contribution in [-0.2, 0) is 0 Å². The minimum Gasteiger partial charge on any atom is -1.00 e. The van der Waals surface area contributed by atoms with E-state index in [4.69, 9.17) is 0 Å². The zero-order chi connectivity index (χ0) is 0. The molecule has 0 aromatic carbocycles. The van der Waals surface area contributed by atoms with Gasteiger partial charge < -0.3 is 62.0 Å². The third-order valence-corrected chi connectivity index (χ3v) is 0. The standard InChI is InChI=1S/Al.Ca.7ClH.H2S/h;;7*1H;1H2/q+3;+2;;;;;;;;/p-5. The van der Waals surface area contributed by atoms with Crippen LogP contribution in [-0.4, -0.2) is 55.1 Å². The van der Waals surface area contributed by atoms with Crippen LogP contribution < -0.4 is 62.0 Å². The Morgan fingerprint density at radius 2 is 0.500 bits per heavy atom. The summed E-state index contributed by atoms with van der Waals surface area (Å²) >= 11 is 0. The van der Waals surface area contributed by atoms with Gasteiger partial charge in [0.1, 0.15) is 0 Å². The van der Waals surface area contributed by atoms with Crippen LogP contribution in [0.3, 0.4) is 0 Å². The summed E-state index contributed by atoms with van der Waals surface area (Å²) in [5.41, 5.74) is 0. The third-order valence-electron chi connectivity index (χ3n) is 0. The molecule has 0 fully saturated rings. The predicted molar refractivity (Wildman–Crippen MR) is 36.4 cm³/mol. The van der Waals surface area contributed by atoms with Crippen LogP contribution in [0.25, 0.3) is 0 Å². The fourth-order valence-electron chi connectivity index (χ4n) is 0. The molecule has 0 aliphatic carbocycles. The number of rotatable bonds is 0. The van der Waals surface area contributed by atoms with Gasteiger partial charge in [-0.1, -0.05) is 0 Å². The molecule has 0 amide bonds. The van der Waals surface area contributed by atoms with Gasteiger partial charge in [0, 0.05) is 0 Å². The zero-order valence-corrected chi connectivity index (χ0v) is 14.3. The van der Waals surface area contributed by atoms with Crippen LogP contribution in [0.15, 0.2) is 0 Å². The molecule has 64 valence electrons. The average molecular weight is 351 g/mol. The van der Waals surface area contributed by atoms with E-state index in [1.165, 1.54) is 0 Å². The van der Waals surface area contributed by atoms with E-state index in [-0.39, 0.29) is 155 Å². The quantitative estimate of drug-likeness (QED) is 0.381. The summed E-state index contributed by atoms with van der Waals surface area (Å²) in [5, 5.41) is 0. The second-order valence-electron chi connectivity index (χ2n) is 0. The molecule has 0 rings (SSSR count). The molecule has 0 bridgehead atoms. The fourth-order valence-corrected chi connectivity index (χ4v) is 0. The summed E-state index contributed by atoms with van der Waals surface area (Å²) in [6.07, 6.45) is 0. The molecule has 10 heavy (non-hydrogen) atoms. The molecule has 0 atom stereocenters. The first kappa shape index (κ1) is 141. The summed E-state index contributed by atoms with van der Waals surface area (Å²) < 4.78 is 0. The average Bonchev–Trinajstić information content (AvgIpc) is 0. The Bertz CT molecular complexity index is 13.6. The Morgan fingerprint density at radius 1 is 0.500 bits per heavy atom. The Hall–Kier alpha value is 4.17. The molecule has 10 heteroatoms. The Labute approximate surface area is 153 Å². The van der Waals surface area contributed by atoms with E-state index in [9.17, 15) is 0 Å².